The van der Waals surface area contributed by atoms with Crippen LogP contribution < -0.4 is 5.32 Å². The van der Waals surface area contributed by atoms with Gasteiger partial charge in [0, 0.05) is 11.3 Å². The molecular weight excluding hydrogens is 226 g/mol. The van der Waals surface area contributed by atoms with E-state index >= 15 is 0 Å². The third-order valence-corrected chi connectivity index (χ3v) is 2.79. The van der Waals surface area contributed by atoms with Gasteiger partial charge in [0.15, 0.2) is 0 Å². The smallest absolute Gasteiger partial charge is 0.146 e. The second-order valence-electron chi connectivity index (χ2n) is 3.98. The van der Waals surface area contributed by atoms with E-state index in [-0.39, 0.29) is 6.61 Å². The average molecular weight is 241 g/mol. The molecule has 0 fully saturated rings. The first-order valence-corrected chi connectivity index (χ1v) is 5.80. The molecule has 3 heteroatoms. The number of hydrogen-bond donors (Lipinski definition) is 2. The van der Waals surface area contributed by atoms with E-state index in [0.29, 0.717) is 0 Å². The van der Waals surface area contributed by atoms with Gasteiger partial charge in [0.25, 0.3) is 0 Å². The molecular formula is C15H15NO2. The monoisotopic (exact) mass is 241 g/mol. The molecule has 0 amide bonds. The molecule has 0 aliphatic rings. The summed E-state index contributed by atoms with van der Waals surface area (Å²) in [6, 6.07) is 16.5. The van der Waals surface area contributed by atoms with Crippen LogP contribution in [0.2, 0.25) is 0 Å². The Morgan fingerprint density at radius 2 is 1.72 bits per heavy atom. The van der Waals surface area contributed by atoms with Gasteiger partial charge < -0.3 is 15.2 Å². The Bertz CT molecular complexity index is 511. The fraction of sp³-hybridized carbons (Fsp3) is 0.133. The maximum Gasteiger partial charge on any atom is 0.146 e. The Kier molecular flexibility index (Phi) is 4.10. The molecule has 0 saturated carbocycles. The summed E-state index contributed by atoms with van der Waals surface area (Å²) in [6.07, 6.45) is 0.865. The molecule has 1 unspecified atom stereocenters. The highest BCUT2D eigenvalue weighted by atomic mass is 16.3. The highest BCUT2D eigenvalue weighted by molar-refractivity contribution is 5.68. The van der Waals surface area contributed by atoms with Crippen LogP contribution in [0.25, 0.3) is 0 Å². The third-order valence-electron chi connectivity index (χ3n) is 2.79. The number of rotatable bonds is 5. The van der Waals surface area contributed by atoms with Gasteiger partial charge in [-0.2, -0.15) is 0 Å². The van der Waals surface area contributed by atoms with Crippen molar-refractivity contribution in [2.45, 2.75) is 12.6 Å². The van der Waals surface area contributed by atoms with Gasteiger partial charge in [0.05, 0.1) is 6.61 Å². The van der Waals surface area contributed by atoms with Gasteiger partial charge in [-0.1, -0.05) is 48.5 Å². The van der Waals surface area contributed by atoms with Gasteiger partial charge in [-0.3, -0.25) is 0 Å². The number of aliphatic hydroxyl groups is 1. The van der Waals surface area contributed by atoms with E-state index in [2.05, 4.69) is 5.32 Å². The fourth-order valence-electron chi connectivity index (χ4n) is 1.82. The molecule has 1 atom stereocenters. The summed E-state index contributed by atoms with van der Waals surface area (Å²) >= 11 is 0. The Balaban J connectivity index is 2.23. The van der Waals surface area contributed by atoms with Crippen molar-refractivity contribution in [1.82, 2.24) is 0 Å². The summed E-state index contributed by atoms with van der Waals surface area (Å²) in [7, 11) is 0. The lowest BCUT2D eigenvalue weighted by Crippen LogP contribution is -2.13. The molecule has 2 N–H and O–H groups in total. The standard InChI is InChI=1S/C15H15NO2/c17-10-13-8-4-5-9-14(13)16-15(11-18)12-6-2-1-3-7-12/h1-9,11,15-17H,10H2. The molecule has 3 nitrogen and oxygen atoms in total. The van der Waals surface area contributed by atoms with E-state index in [9.17, 15) is 9.90 Å². The van der Waals surface area contributed by atoms with Gasteiger partial charge in [-0.25, -0.2) is 0 Å². The number of carbonyl (C=O) groups excluding carboxylic acids is 1. The highest BCUT2D eigenvalue weighted by Crippen LogP contribution is 2.21. The molecule has 2 rings (SSSR count). The number of aliphatic hydroxyl groups excluding tert-OH is 1. The topological polar surface area (TPSA) is 49.3 Å². The van der Waals surface area contributed by atoms with E-state index in [1.54, 1.807) is 0 Å². The van der Waals surface area contributed by atoms with Crippen LogP contribution in [0.1, 0.15) is 17.2 Å². The van der Waals surface area contributed by atoms with Crippen LogP contribution in [0, 0.1) is 0 Å². The summed E-state index contributed by atoms with van der Waals surface area (Å²) in [4.78, 5) is 11.2. The van der Waals surface area contributed by atoms with E-state index in [4.69, 9.17) is 0 Å². The molecule has 0 aliphatic carbocycles. The maximum absolute atomic E-state index is 11.2. The van der Waals surface area contributed by atoms with Crippen molar-refractivity contribution in [3.8, 4) is 0 Å². The van der Waals surface area contributed by atoms with Crippen LogP contribution >= 0.6 is 0 Å². The molecule has 0 saturated heterocycles. The van der Waals surface area contributed by atoms with Crippen molar-refractivity contribution < 1.29 is 9.90 Å². The van der Waals surface area contributed by atoms with Crippen molar-refractivity contribution in [1.29, 1.82) is 0 Å². The van der Waals surface area contributed by atoms with E-state index in [0.717, 1.165) is 23.1 Å². The van der Waals surface area contributed by atoms with Crippen molar-refractivity contribution in [2.24, 2.45) is 0 Å². The first-order valence-electron chi connectivity index (χ1n) is 5.80. The number of nitrogens with one attached hydrogen (secondary N) is 1. The molecule has 2 aromatic carbocycles. The molecule has 0 aliphatic heterocycles. The lowest BCUT2D eigenvalue weighted by Gasteiger charge is -2.16. The first-order chi connectivity index (χ1) is 8.85. The zero-order valence-corrected chi connectivity index (χ0v) is 9.91. The highest BCUT2D eigenvalue weighted by Gasteiger charge is 2.11. The van der Waals surface area contributed by atoms with Crippen LogP contribution in [-0.4, -0.2) is 11.4 Å². The quantitative estimate of drug-likeness (QED) is 0.791. The Labute approximate surface area is 106 Å². The van der Waals surface area contributed by atoms with Crippen molar-refractivity contribution in [3.63, 3.8) is 0 Å². The fourth-order valence-corrected chi connectivity index (χ4v) is 1.82. The van der Waals surface area contributed by atoms with Gasteiger partial charge >= 0.3 is 0 Å². The minimum Gasteiger partial charge on any atom is -0.392 e. The molecule has 0 radical (unpaired) electrons. The molecule has 18 heavy (non-hydrogen) atoms. The summed E-state index contributed by atoms with van der Waals surface area (Å²) in [6.45, 7) is -0.0520. The van der Waals surface area contributed by atoms with Crippen LogP contribution in [0.4, 0.5) is 5.69 Å². The summed E-state index contributed by atoms with van der Waals surface area (Å²) < 4.78 is 0. The van der Waals surface area contributed by atoms with Crippen LogP contribution in [-0.2, 0) is 11.4 Å². The number of aldehydes is 1. The summed E-state index contributed by atoms with van der Waals surface area (Å²) in [5.74, 6) is 0. The number of carbonyl (C=O) groups is 1. The van der Waals surface area contributed by atoms with E-state index < -0.39 is 6.04 Å². The van der Waals surface area contributed by atoms with Crippen molar-refractivity contribution >= 4 is 12.0 Å². The van der Waals surface area contributed by atoms with E-state index in [1.807, 2.05) is 54.6 Å². The van der Waals surface area contributed by atoms with Gasteiger partial charge in [0.1, 0.15) is 12.3 Å². The third kappa shape index (κ3) is 2.76. The Hall–Kier alpha value is -2.13. The molecule has 92 valence electrons. The lowest BCUT2D eigenvalue weighted by atomic mass is 10.1. The number of hydrogen-bond acceptors (Lipinski definition) is 3. The largest absolute Gasteiger partial charge is 0.392 e. The van der Waals surface area contributed by atoms with Gasteiger partial charge in [-0.15, -0.1) is 0 Å². The number of anilines is 1. The van der Waals surface area contributed by atoms with Gasteiger partial charge in [-0.05, 0) is 11.6 Å². The Morgan fingerprint density at radius 1 is 1.06 bits per heavy atom. The second-order valence-corrected chi connectivity index (χ2v) is 3.98. The molecule has 0 aromatic heterocycles. The molecule has 0 heterocycles. The Morgan fingerprint density at radius 3 is 2.39 bits per heavy atom. The number of para-hydroxylation sites is 1. The van der Waals surface area contributed by atoms with Crippen molar-refractivity contribution in [2.75, 3.05) is 5.32 Å². The predicted molar refractivity (Wildman–Crippen MR) is 71.2 cm³/mol. The van der Waals surface area contributed by atoms with Crippen LogP contribution in [0.3, 0.4) is 0 Å². The summed E-state index contributed by atoms with van der Waals surface area (Å²) in [5, 5.41) is 12.4. The second kappa shape index (κ2) is 5.98. The SMILES string of the molecule is O=CC(Nc1ccccc1CO)c1ccccc1. The summed E-state index contributed by atoms with van der Waals surface area (Å²) in [5.41, 5.74) is 2.46. The van der Waals surface area contributed by atoms with Crippen LogP contribution in [0.15, 0.2) is 54.6 Å². The zero-order valence-electron chi connectivity index (χ0n) is 9.91. The molecule has 0 spiro atoms. The first kappa shape index (κ1) is 12.3. The lowest BCUT2D eigenvalue weighted by molar-refractivity contribution is -0.108. The molecule has 2 aromatic rings. The van der Waals surface area contributed by atoms with Crippen molar-refractivity contribution in [3.05, 3.63) is 65.7 Å². The minimum absolute atomic E-state index is 0.0520. The average Bonchev–Trinajstić information content (AvgIpc) is 2.46. The maximum atomic E-state index is 11.2. The predicted octanol–water partition coefficient (Wildman–Crippen LogP) is 2.53. The normalized spacial score (nSPS) is 11.8. The zero-order chi connectivity index (χ0) is 12.8. The van der Waals surface area contributed by atoms with Gasteiger partial charge in [0.2, 0.25) is 0 Å². The van der Waals surface area contributed by atoms with E-state index in [1.165, 1.54) is 0 Å². The minimum atomic E-state index is -0.404. The van der Waals surface area contributed by atoms with Crippen LogP contribution in [0.5, 0.6) is 0 Å². The number of benzene rings is 2. The molecule has 0 bridgehead atoms.